The van der Waals surface area contributed by atoms with Crippen LogP contribution in [0, 0.1) is 0 Å². The number of nitrogens with two attached hydrogens (primary N) is 1. The summed E-state index contributed by atoms with van der Waals surface area (Å²) >= 11 is 0. The molecule has 14 nitrogen and oxygen atoms in total. The molecule has 202 valence electrons. The van der Waals surface area contributed by atoms with Gasteiger partial charge in [-0.25, -0.2) is 15.0 Å². The van der Waals surface area contributed by atoms with Gasteiger partial charge in [0.1, 0.15) is 30.2 Å². The van der Waals surface area contributed by atoms with Gasteiger partial charge in [0.05, 0.1) is 12.0 Å². The second-order valence-corrected chi connectivity index (χ2v) is 9.51. The lowest BCUT2D eigenvalue weighted by Gasteiger charge is -2.17. The third-order valence-corrected chi connectivity index (χ3v) is 7.19. The van der Waals surface area contributed by atoms with E-state index >= 15 is 0 Å². The maximum Gasteiger partial charge on any atom is 0.252 e. The first-order valence-corrected chi connectivity index (χ1v) is 12.4. The van der Waals surface area contributed by atoms with Gasteiger partial charge in [0.25, 0.3) is 5.91 Å². The van der Waals surface area contributed by atoms with Crippen LogP contribution in [-0.2, 0) is 14.3 Å². The number of hydrogen-bond donors (Lipinski definition) is 7. The van der Waals surface area contributed by atoms with Crippen molar-refractivity contribution in [3.63, 3.8) is 0 Å². The van der Waals surface area contributed by atoms with Gasteiger partial charge >= 0.3 is 0 Å². The van der Waals surface area contributed by atoms with Crippen LogP contribution in [0.1, 0.15) is 25.5 Å². The van der Waals surface area contributed by atoms with Crippen molar-refractivity contribution in [2.24, 2.45) is 0 Å². The van der Waals surface area contributed by atoms with E-state index in [0.29, 0.717) is 58.0 Å². The number of aromatic nitrogens is 5. The number of aromatic hydroxyl groups is 1. The summed E-state index contributed by atoms with van der Waals surface area (Å²) in [7, 11) is 0. The molecule has 4 heterocycles. The van der Waals surface area contributed by atoms with Gasteiger partial charge in [0.15, 0.2) is 23.6 Å². The fourth-order valence-electron chi connectivity index (χ4n) is 5.18. The van der Waals surface area contributed by atoms with Crippen LogP contribution < -0.4 is 16.4 Å². The number of carbonyl (C=O) groups excluding carboxylic acids is 2. The summed E-state index contributed by atoms with van der Waals surface area (Å²) in [4.78, 5) is 41.1. The second-order valence-electron chi connectivity index (χ2n) is 9.51. The number of H-pyrrole nitrogens is 1. The van der Waals surface area contributed by atoms with E-state index < -0.39 is 36.4 Å². The molecule has 0 radical (unpaired) electrons. The maximum absolute atomic E-state index is 13.1. The smallest absolute Gasteiger partial charge is 0.252 e. The summed E-state index contributed by atoms with van der Waals surface area (Å²) in [6, 6.07) is 5.16. The number of aliphatic hydroxyl groups is 2. The van der Waals surface area contributed by atoms with Crippen molar-refractivity contribution in [1.82, 2.24) is 29.8 Å². The molecule has 0 bridgehead atoms. The van der Waals surface area contributed by atoms with Gasteiger partial charge in [0, 0.05) is 34.7 Å². The topological polar surface area (TPSA) is 214 Å². The number of hydrogen-bond acceptors (Lipinski definition) is 10. The molecule has 1 aromatic carbocycles. The van der Waals surface area contributed by atoms with E-state index in [1.807, 2.05) is 0 Å². The summed E-state index contributed by atoms with van der Waals surface area (Å²) < 4.78 is 7.33. The van der Waals surface area contributed by atoms with Gasteiger partial charge in [-0.3, -0.25) is 14.2 Å². The molecule has 8 N–H and O–H groups in total. The second kappa shape index (κ2) is 9.65. The molecule has 1 aliphatic carbocycles. The molecule has 1 aliphatic heterocycles. The van der Waals surface area contributed by atoms with E-state index in [1.54, 1.807) is 24.4 Å². The number of fused-ring (bicyclic) bond motifs is 2. The van der Waals surface area contributed by atoms with E-state index in [-0.39, 0.29) is 18.2 Å². The van der Waals surface area contributed by atoms with Crippen molar-refractivity contribution < 1.29 is 29.6 Å². The predicted molar refractivity (Wildman–Crippen MR) is 138 cm³/mol. The Morgan fingerprint density at radius 2 is 1.90 bits per heavy atom. The molecule has 1 unspecified atom stereocenters. The van der Waals surface area contributed by atoms with Gasteiger partial charge in [-0.05, 0) is 31.4 Å². The monoisotopic (exact) mass is 534 g/mol. The Morgan fingerprint density at radius 1 is 1.10 bits per heavy atom. The zero-order valence-electron chi connectivity index (χ0n) is 20.5. The summed E-state index contributed by atoms with van der Waals surface area (Å²) in [5.74, 6) is -0.670. The zero-order valence-corrected chi connectivity index (χ0v) is 20.5. The number of imidazole rings is 1. The Bertz CT molecular complexity index is 1630. The highest BCUT2D eigenvalue weighted by atomic mass is 16.6. The summed E-state index contributed by atoms with van der Waals surface area (Å²) in [5, 5.41) is 38.0. The first-order valence-electron chi connectivity index (χ1n) is 12.4. The standard InChI is InChI=1S/C25H26N8O6/c26-20-17-21(30-9-29-20)33(10-31-17)25-19(35)18(34)16(39-25)8-28-22(36)11-3-1-4-12(11)24(38)32-15-6-2-5-13-14(15)7-27-23(13)37/h2,5-7,9-10,16,18-19,25,27,34-35,37H,1,3-4,8H2,(H,28,36)(H,32,38)(H2,26,29,30)/t16?,18-,19-,25-/m1/s1. The van der Waals surface area contributed by atoms with Gasteiger partial charge in [0.2, 0.25) is 5.91 Å². The quantitative estimate of drug-likeness (QED) is 0.181. The Balaban J connectivity index is 1.14. The van der Waals surface area contributed by atoms with Crippen molar-refractivity contribution in [3.05, 3.63) is 48.2 Å². The van der Waals surface area contributed by atoms with Crippen LogP contribution in [0.2, 0.25) is 0 Å². The number of anilines is 2. The van der Waals surface area contributed by atoms with Crippen LogP contribution in [0.25, 0.3) is 21.9 Å². The van der Waals surface area contributed by atoms with Crippen molar-refractivity contribution in [2.75, 3.05) is 17.6 Å². The van der Waals surface area contributed by atoms with E-state index in [2.05, 4.69) is 30.6 Å². The van der Waals surface area contributed by atoms with Crippen LogP contribution in [0.5, 0.6) is 5.88 Å². The molecule has 1 saturated heterocycles. The average Bonchev–Trinajstić information content (AvgIpc) is 3.71. The third kappa shape index (κ3) is 4.24. The Labute approximate surface area is 220 Å². The van der Waals surface area contributed by atoms with Crippen LogP contribution in [-0.4, -0.2) is 76.5 Å². The Kier molecular flexibility index (Phi) is 6.13. The highest BCUT2D eigenvalue weighted by molar-refractivity contribution is 6.13. The van der Waals surface area contributed by atoms with Crippen LogP contribution in [0.4, 0.5) is 11.5 Å². The molecule has 0 saturated carbocycles. The lowest BCUT2D eigenvalue weighted by molar-refractivity contribution is -0.119. The molecule has 1 fully saturated rings. The van der Waals surface area contributed by atoms with Gasteiger partial charge in [-0.15, -0.1) is 0 Å². The minimum Gasteiger partial charge on any atom is -0.494 e. The molecule has 0 spiro atoms. The first kappa shape index (κ1) is 24.8. The van der Waals surface area contributed by atoms with Gasteiger partial charge in [-0.1, -0.05) is 6.07 Å². The lowest BCUT2D eigenvalue weighted by atomic mass is 10.1. The molecular weight excluding hydrogens is 508 g/mol. The molecule has 3 aromatic heterocycles. The fourth-order valence-corrected chi connectivity index (χ4v) is 5.18. The maximum atomic E-state index is 13.1. The molecular formula is C25H26N8O6. The number of ether oxygens (including phenoxy) is 1. The molecule has 4 atom stereocenters. The number of aromatic amines is 1. The van der Waals surface area contributed by atoms with Crippen molar-refractivity contribution in [3.8, 4) is 5.88 Å². The number of amides is 2. The summed E-state index contributed by atoms with van der Waals surface area (Å²) in [6.07, 6.45) is 1.19. The Morgan fingerprint density at radius 3 is 2.72 bits per heavy atom. The molecule has 2 aliphatic rings. The number of carbonyl (C=O) groups is 2. The largest absolute Gasteiger partial charge is 0.494 e. The average molecular weight is 535 g/mol. The normalized spacial score (nSPS) is 23.1. The van der Waals surface area contributed by atoms with Crippen molar-refractivity contribution >= 4 is 45.3 Å². The van der Waals surface area contributed by atoms with Crippen molar-refractivity contribution in [1.29, 1.82) is 0 Å². The highest BCUT2D eigenvalue weighted by Crippen LogP contribution is 2.33. The predicted octanol–water partition coefficient (Wildman–Crippen LogP) is 0.450. The fraction of sp³-hybridized carbons (Fsp3) is 0.320. The molecule has 14 heteroatoms. The molecule has 6 rings (SSSR count). The number of aliphatic hydroxyl groups excluding tert-OH is 2. The highest BCUT2D eigenvalue weighted by Gasteiger charge is 2.44. The van der Waals surface area contributed by atoms with E-state index in [1.165, 1.54) is 17.2 Å². The summed E-state index contributed by atoms with van der Waals surface area (Å²) in [6.45, 7) is -0.0996. The molecule has 4 aromatic rings. The Hall–Kier alpha value is -4.53. The number of rotatable bonds is 6. The number of benzene rings is 1. The van der Waals surface area contributed by atoms with E-state index in [9.17, 15) is 24.9 Å². The lowest BCUT2D eigenvalue weighted by Crippen LogP contribution is -2.40. The molecule has 39 heavy (non-hydrogen) atoms. The number of nitrogens with zero attached hydrogens (tertiary/aromatic N) is 4. The zero-order chi connectivity index (χ0) is 27.3. The van der Waals surface area contributed by atoms with E-state index in [4.69, 9.17) is 10.5 Å². The number of nitrogen functional groups attached to an aromatic ring is 1. The minimum atomic E-state index is -1.32. The van der Waals surface area contributed by atoms with Crippen LogP contribution in [0.3, 0.4) is 0 Å². The van der Waals surface area contributed by atoms with E-state index in [0.717, 1.165) is 0 Å². The first-order chi connectivity index (χ1) is 18.8. The third-order valence-electron chi connectivity index (χ3n) is 7.19. The molecule has 2 amide bonds. The van der Waals surface area contributed by atoms with Crippen LogP contribution in [0.15, 0.2) is 48.2 Å². The van der Waals surface area contributed by atoms with Gasteiger partial charge < -0.3 is 41.4 Å². The minimum absolute atomic E-state index is 0.00329. The number of nitrogens with one attached hydrogen (secondary N) is 3. The SMILES string of the molecule is Nc1ncnc2c1ncn2[C@@H]1OC(CNC(=O)C2=C(C(=O)Nc3cccc4c(O)[nH]cc34)CCC2)[C@@H](O)[C@H]1O. The van der Waals surface area contributed by atoms with Crippen molar-refractivity contribution in [2.45, 2.75) is 43.8 Å². The summed E-state index contributed by atoms with van der Waals surface area (Å²) in [5.41, 5.74) is 7.73. The van der Waals surface area contributed by atoms with Crippen LogP contribution >= 0.6 is 0 Å². The van der Waals surface area contributed by atoms with Gasteiger partial charge in [-0.2, -0.15) is 0 Å².